The number of carboxylic acids is 1. The summed E-state index contributed by atoms with van der Waals surface area (Å²) in [7, 11) is 0. The topological polar surface area (TPSA) is 66.4 Å². The van der Waals surface area contributed by atoms with Crippen molar-refractivity contribution in [3.05, 3.63) is 35.6 Å². The molecule has 0 radical (unpaired) electrons. The molecular weight excluding hydrogens is 297 g/mol. The first-order chi connectivity index (χ1) is 10.8. The van der Waals surface area contributed by atoms with Gasteiger partial charge in [0.1, 0.15) is 5.82 Å². The summed E-state index contributed by atoms with van der Waals surface area (Å²) in [4.78, 5) is 23.9. The van der Waals surface area contributed by atoms with E-state index in [1.807, 2.05) is 0 Å². The van der Waals surface area contributed by atoms with Crippen molar-refractivity contribution >= 4 is 11.9 Å². The molecule has 0 saturated heterocycles. The zero-order chi connectivity index (χ0) is 17.1. The van der Waals surface area contributed by atoms with E-state index in [1.165, 1.54) is 12.1 Å². The first-order valence-electron chi connectivity index (χ1n) is 8.06. The summed E-state index contributed by atoms with van der Waals surface area (Å²) in [6.45, 7) is 3.58. The van der Waals surface area contributed by atoms with Gasteiger partial charge in [0.25, 0.3) is 0 Å². The molecule has 1 aromatic carbocycles. The largest absolute Gasteiger partial charge is 0.481 e. The number of benzene rings is 1. The first kappa shape index (κ1) is 17.4. The number of halogens is 1. The lowest BCUT2D eigenvalue weighted by atomic mass is 9.77. The van der Waals surface area contributed by atoms with Gasteiger partial charge < -0.3 is 10.4 Å². The Morgan fingerprint density at radius 2 is 1.96 bits per heavy atom. The SMILES string of the molecule is CC(C)(CCNC(=O)C1(c2cccc(F)c2)CCCC1)C(=O)O. The van der Waals surface area contributed by atoms with E-state index in [0.717, 1.165) is 12.8 Å². The third-order valence-corrected chi connectivity index (χ3v) is 4.88. The maximum atomic E-state index is 13.6. The molecule has 4 nitrogen and oxygen atoms in total. The molecule has 2 N–H and O–H groups in total. The Bertz CT molecular complexity index is 592. The molecule has 1 saturated carbocycles. The monoisotopic (exact) mass is 321 g/mol. The molecule has 1 amide bonds. The van der Waals surface area contributed by atoms with E-state index >= 15 is 0 Å². The highest BCUT2D eigenvalue weighted by Crippen LogP contribution is 2.41. The van der Waals surface area contributed by atoms with Crippen molar-refractivity contribution in [3.8, 4) is 0 Å². The number of hydrogen-bond donors (Lipinski definition) is 2. The fourth-order valence-electron chi connectivity index (χ4n) is 3.18. The maximum absolute atomic E-state index is 13.6. The van der Waals surface area contributed by atoms with Crippen molar-refractivity contribution in [2.24, 2.45) is 5.41 Å². The Labute approximate surface area is 136 Å². The normalized spacial score (nSPS) is 17.0. The molecule has 2 rings (SSSR count). The quantitative estimate of drug-likeness (QED) is 0.845. The van der Waals surface area contributed by atoms with Crippen LogP contribution in [-0.2, 0) is 15.0 Å². The number of aliphatic carboxylic acids is 1. The number of amides is 1. The number of carbonyl (C=O) groups excluding carboxylic acids is 1. The molecule has 0 atom stereocenters. The Kier molecular flexibility index (Phi) is 5.07. The fraction of sp³-hybridized carbons (Fsp3) is 0.556. The van der Waals surface area contributed by atoms with Gasteiger partial charge in [-0.1, -0.05) is 25.0 Å². The molecule has 1 aliphatic carbocycles. The van der Waals surface area contributed by atoms with Crippen LogP contribution in [0.2, 0.25) is 0 Å². The van der Waals surface area contributed by atoms with Gasteiger partial charge in [-0.25, -0.2) is 4.39 Å². The van der Waals surface area contributed by atoms with Gasteiger partial charge in [-0.2, -0.15) is 0 Å². The van der Waals surface area contributed by atoms with Crippen LogP contribution in [0.15, 0.2) is 24.3 Å². The van der Waals surface area contributed by atoms with Gasteiger partial charge in [-0.05, 0) is 50.8 Å². The van der Waals surface area contributed by atoms with Crippen molar-refractivity contribution in [2.75, 3.05) is 6.54 Å². The van der Waals surface area contributed by atoms with Crippen LogP contribution in [0.3, 0.4) is 0 Å². The molecule has 5 heteroatoms. The second-order valence-electron chi connectivity index (χ2n) is 6.99. The number of nitrogens with one attached hydrogen (secondary N) is 1. The molecular formula is C18H24FNO3. The highest BCUT2D eigenvalue weighted by Gasteiger charge is 2.42. The molecule has 0 spiro atoms. The van der Waals surface area contributed by atoms with E-state index in [0.29, 0.717) is 31.4 Å². The highest BCUT2D eigenvalue weighted by molar-refractivity contribution is 5.88. The van der Waals surface area contributed by atoms with Gasteiger partial charge in [0.15, 0.2) is 0 Å². The van der Waals surface area contributed by atoms with E-state index < -0.39 is 16.8 Å². The second kappa shape index (κ2) is 6.69. The Hall–Kier alpha value is -1.91. The van der Waals surface area contributed by atoms with E-state index in [2.05, 4.69) is 5.32 Å². The molecule has 1 aromatic rings. The van der Waals surface area contributed by atoms with Crippen molar-refractivity contribution in [3.63, 3.8) is 0 Å². The van der Waals surface area contributed by atoms with Crippen molar-refractivity contribution in [1.82, 2.24) is 5.32 Å². The molecule has 0 aliphatic heterocycles. The third kappa shape index (κ3) is 3.71. The van der Waals surface area contributed by atoms with Crippen molar-refractivity contribution in [1.29, 1.82) is 0 Å². The molecule has 1 fully saturated rings. The van der Waals surface area contributed by atoms with Crippen molar-refractivity contribution < 1.29 is 19.1 Å². The molecule has 1 aliphatic rings. The number of rotatable bonds is 6. The zero-order valence-electron chi connectivity index (χ0n) is 13.7. The summed E-state index contributed by atoms with van der Waals surface area (Å²) < 4.78 is 13.6. The summed E-state index contributed by atoms with van der Waals surface area (Å²) >= 11 is 0. The molecule has 0 bridgehead atoms. The fourth-order valence-corrected chi connectivity index (χ4v) is 3.18. The first-order valence-corrected chi connectivity index (χ1v) is 8.06. The van der Waals surface area contributed by atoms with E-state index in [1.54, 1.807) is 26.0 Å². The molecule has 0 unspecified atom stereocenters. The van der Waals surface area contributed by atoms with Crippen LogP contribution in [0, 0.1) is 11.2 Å². The summed E-state index contributed by atoms with van der Waals surface area (Å²) in [6.07, 6.45) is 3.62. The minimum Gasteiger partial charge on any atom is -0.481 e. The minimum atomic E-state index is -0.882. The molecule has 23 heavy (non-hydrogen) atoms. The van der Waals surface area contributed by atoms with Crippen molar-refractivity contribution in [2.45, 2.75) is 51.4 Å². The summed E-state index contributed by atoms with van der Waals surface area (Å²) in [6, 6.07) is 6.24. The number of carbonyl (C=O) groups is 2. The van der Waals surface area contributed by atoms with Crippen LogP contribution in [0.4, 0.5) is 4.39 Å². The van der Waals surface area contributed by atoms with Crippen LogP contribution in [0.25, 0.3) is 0 Å². The lowest BCUT2D eigenvalue weighted by Gasteiger charge is -2.29. The van der Waals surface area contributed by atoms with Gasteiger partial charge in [0, 0.05) is 6.54 Å². The van der Waals surface area contributed by atoms with Gasteiger partial charge in [0.05, 0.1) is 10.8 Å². The summed E-state index contributed by atoms with van der Waals surface area (Å²) in [5, 5.41) is 12.0. The lowest BCUT2D eigenvalue weighted by Crippen LogP contribution is -2.44. The predicted octanol–water partition coefficient (Wildman–Crippen LogP) is 3.25. The van der Waals surface area contributed by atoms with E-state index in [-0.39, 0.29) is 11.7 Å². The average molecular weight is 321 g/mol. The highest BCUT2D eigenvalue weighted by atomic mass is 19.1. The maximum Gasteiger partial charge on any atom is 0.309 e. The smallest absolute Gasteiger partial charge is 0.309 e. The predicted molar refractivity (Wildman–Crippen MR) is 85.6 cm³/mol. The second-order valence-corrected chi connectivity index (χ2v) is 6.99. The molecule has 126 valence electrons. The average Bonchev–Trinajstić information content (AvgIpc) is 2.97. The van der Waals surface area contributed by atoms with Gasteiger partial charge in [0.2, 0.25) is 5.91 Å². The summed E-state index contributed by atoms with van der Waals surface area (Å²) in [5.41, 5.74) is -0.852. The van der Waals surface area contributed by atoms with Crippen LogP contribution in [0.1, 0.15) is 51.5 Å². The van der Waals surface area contributed by atoms with Gasteiger partial charge in [-0.15, -0.1) is 0 Å². The van der Waals surface area contributed by atoms with E-state index in [9.17, 15) is 14.0 Å². The van der Waals surface area contributed by atoms with Crippen LogP contribution >= 0.6 is 0 Å². The Balaban J connectivity index is 2.09. The minimum absolute atomic E-state index is 0.123. The van der Waals surface area contributed by atoms with Crippen LogP contribution < -0.4 is 5.32 Å². The third-order valence-electron chi connectivity index (χ3n) is 4.88. The summed E-state index contributed by atoms with van der Waals surface area (Å²) in [5.74, 6) is -1.34. The van der Waals surface area contributed by atoms with Crippen LogP contribution in [-0.4, -0.2) is 23.5 Å². The zero-order valence-corrected chi connectivity index (χ0v) is 13.7. The molecule has 0 heterocycles. The lowest BCUT2D eigenvalue weighted by molar-refractivity contribution is -0.147. The van der Waals surface area contributed by atoms with E-state index in [4.69, 9.17) is 5.11 Å². The van der Waals surface area contributed by atoms with Gasteiger partial charge in [-0.3, -0.25) is 9.59 Å². The number of hydrogen-bond acceptors (Lipinski definition) is 2. The Morgan fingerprint density at radius 3 is 2.52 bits per heavy atom. The van der Waals surface area contributed by atoms with Crippen LogP contribution in [0.5, 0.6) is 0 Å². The number of carboxylic acid groups (broad SMARTS) is 1. The standard InChI is InChI=1S/C18H24FNO3/c1-17(2,16(22)23)10-11-20-15(21)18(8-3-4-9-18)13-6-5-7-14(19)12-13/h5-7,12H,3-4,8-11H2,1-2H3,(H,20,21)(H,22,23). The molecule has 0 aromatic heterocycles. The Morgan fingerprint density at radius 1 is 1.30 bits per heavy atom. The van der Waals surface area contributed by atoms with Gasteiger partial charge >= 0.3 is 5.97 Å².